The zero-order chi connectivity index (χ0) is 18.5. The molecule has 0 aliphatic carbocycles. The topological polar surface area (TPSA) is 88.5 Å². The zero-order valence-corrected chi connectivity index (χ0v) is 15.5. The zero-order valence-electron chi connectivity index (χ0n) is 15.5. The summed E-state index contributed by atoms with van der Waals surface area (Å²) in [6, 6.07) is 8.11. The molecule has 0 radical (unpaired) electrons. The summed E-state index contributed by atoms with van der Waals surface area (Å²) in [6.45, 7) is 7.74. The number of benzene rings is 1. The fraction of sp³-hybridized carbons (Fsp3) is 0.526. The largest absolute Gasteiger partial charge is 0.340 e. The molecule has 140 valence electrons. The number of nitrogens with two attached hydrogens (primary N) is 1. The van der Waals surface area contributed by atoms with E-state index in [9.17, 15) is 4.79 Å². The van der Waals surface area contributed by atoms with Crippen molar-refractivity contribution < 1.29 is 9.32 Å². The van der Waals surface area contributed by atoms with Crippen LogP contribution in [0, 0.1) is 6.92 Å². The number of hydrogen-bond donors (Lipinski definition) is 1. The van der Waals surface area contributed by atoms with E-state index in [1.165, 1.54) is 5.56 Å². The molecule has 0 spiro atoms. The van der Waals surface area contributed by atoms with Gasteiger partial charge in [-0.2, -0.15) is 4.98 Å². The lowest BCUT2D eigenvalue weighted by Crippen LogP contribution is -2.49. The molecule has 1 fully saturated rings. The Labute approximate surface area is 154 Å². The molecule has 1 aromatic heterocycles. The van der Waals surface area contributed by atoms with E-state index in [1.807, 2.05) is 36.1 Å². The van der Waals surface area contributed by atoms with Crippen LogP contribution in [0.25, 0.3) is 11.4 Å². The van der Waals surface area contributed by atoms with Gasteiger partial charge in [0.25, 0.3) is 0 Å². The molecular weight excluding hydrogens is 330 g/mol. The highest BCUT2D eigenvalue weighted by molar-refractivity contribution is 5.76. The molecule has 1 aliphatic heterocycles. The number of amides is 1. The van der Waals surface area contributed by atoms with Gasteiger partial charge in [-0.05, 0) is 26.8 Å². The molecule has 1 saturated heterocycles. The Bertz CT molecular complexity index is 720. The van der Waals surface area contributed by atoms with Gasteiger partial charge in [0.1, 0.15) is 0 Å². The summed E-state index contributed by atoms with van der Waals surface area (Å²) in [4.78, 5) is 20.9. The van der Waals surface area contributed by atoms with Crippen LogP contribution in [0.15, 0.2) is 28.8 Å². The SMILES string of the molecule is Cc1ccc(-c2noc(C(C)N3CCN(C(=O)CCCN)CC3)n2)cc1. The fourth-order valence-electron chi connectivity index (χ4n) is 3.15. The van der Waals surface area contributed by atoms with Gasteiger partial charge in [-0.25, -0.2) is 0 Å². The predicted molar refractivity (Wildman–Crippen MR) is 99.3 cm³/mol. The van der Waals surface area contributed by atoms with Crippen LogP contribution in [0.4, 0.5) is 0 Å². The fourth-order valence-corrected chi connectivity index (χ4v) is 3.15. The van der Waals surface area contributed by atoms with Crippen LogP contribution in [-0.2, 0) is 4.79 Å². The predicted octanol–water partition coefficient (Wildman–Crippen LogP) is 1.99. The van der Waals surface area contributed by atoms with Gasteiger partial charge >= 0.3 is 0 Å². The van der Waals surface area contributed by atoms with Crippen LogP contribution in [0.2, 0.25) is 0 Å². The van der Waals surface area contributed by atoms with E-state index in [4.69, 9.17) is 10.3 Å². The summed E-state index contributed by atoms with van der Waals surface area (Å²) >= 11 is 0. The van der Waals surface area contributed by atoms with Gasteiger partial charge < -0.3 is 15.2 Å². The van der Waals surface area contributed by atoms with Gasteiger partial charge in [0.2, 0.25) is 17.6 Å². The quantitative estimate of drug-likeness (QED) is 0.850. The van der Waals surface area contributed by atoms with Crippen molar-refractivity contribution >= 4 is 5.91 Å². The smallest absolute Gasteiger partial charge is 0.244 e. The lowest BCUT2D eigenvalue weighted by atomic mass is 10.1. The maximum atomic E-state index is 12.1. The Morgan fingerprint density at radius 3 is 2.58 bits per heavy atom. The van der Waals surface area contributed by atoms with Crippen LogP contribution in [-0.4, -0.2) is 58.6 Å². The number of aryl methyl sites for hydroxylation is 1. The number of carbonyl (C=O) groups excluding carboxylic acids is 1. The highest BCUT2D eigenvalue weighted by Crippen LogP contribution is 2.23. The summed E-state index contributed by atoms with van der Waals surface area (Å²) in [5.41, 5.74) is 7.63. The van der Waals surface area contributed by atoms with Gasteiger partial charge in [-0.3, -0.25) is 9.69 Å². The molecule has 1 amide bonds. The maximum Gasteiger partial charge on any atom is 0.244 e. The van der Waals surface area contributed by atoms with Gasteiger partial charge in [-0.15, -0.1) is 0 Å². The number of rotatable bonds is 6. The standard InChI is InChI=1S/C19H27N5O2/c1-14-5-7-16(8-6-14)18-21-19(26-22-18)15(2)23-10-12-24(13-11-23)17(25)4-3-9-20/h5-8,15H,3-4,9-13,20H2,1-2H3. The highest BCUT2D eigenvalue weighted by Gasteiger charge is 2.27. The van der Waals surface area contributed by atoms with Crippen molar-refractivity contribution in [2.45, 2.75) is 32.7 Å². The third-order valence-electron chi connectivity index (χ3n) is 4.92. The Morgan fingerprint density at radius 1 is 1.23 bits per heavy atom. The number of carbonyl (C=O) groups is 1. The van der Waals surface area contributed by atoms with Gasteiger partial charge in [0, 0.05) is 38.2 Å². The van der Waals surface area contributed by atoms with Crippen LogP contribution in [0.1, 0.15) is 37.3 Å². The average Bonchev–Trinajstić information content (AvgIpc) is 3.16. The molecule has 1 aromatic carbocycles. The molecule has 0 saturated carbocycles. The minimum atomic E-state index is 0.0305. The second kappa shape index (κ2) is 8.42. The summed E-state index contributed by atoms with van der Waals surface area (Å²) < 4.78 is 5.49. The second-order valence-corrected chi connectivity index (χ2v) is 6.81. The van der Waals surface area contributed by atoms with Crippen molar-refractivity contribution in [2.75, 3.05) is 32.7 Å². The molecular formula is C19H27N5O2. The summed E-state index contributed by atoms with van der Waals surface area (Å²) in [5, 5.41) is 4.12. The Hall–Kier alpha value is -2.25. The third-order valence-corrected chi connectivity index (χ3v) is 4.92. The molecule has 0 bridgehead atoms. The number of piperazine rings is 1. The van der Waals surface area contributed by atoms with E-state index in [0.29, 0.717) is 24.7 Å². The summed E-state index contributed by atoms with van der Waals surface area (Å²) in [7, 11) is 0. The first kappa shape index (κ1) is 18.5. The molecule has 7 heteroatoms. The van der Waals surface area contributed by atoms with Crippen molar-refractivity contribution in [1.82, 2.24) is 19.9 Å². The number of nitrogens with zero attached hydrogens (tertiary/aromatic N) is 4. The molecule has 2 aromatic rings. The van der Waals surface area contributed by atoms with E-state index in [0.717, 1.165) is 38.2 Å². The van der Waals surface area contributed by atoms with Gasteiger partial charge in [-0.1, -0.05) is 35.0 Å². The van der Waals surface area contributed by atoms with Crippen molar-refractivity contribution in [3.8, 4) is 11.4 Å². The molecule has 26 heavy (non-hydrogen) atoms. The number of aromatic nitrogens is 2. The van der Waals surface area contributed by atoms with E-state index in [1.54, 1.807) is 0 Å². The van der Waals surface area contributed by atoms with E-state index in [2.05, 4.69) is 22.0 Å². The Balaban J connectivity index is 1.58. The van der Waals surface area contributed by atoms with E-state index in [-0.39, 0.29) is 11.9 Å². The monoisotopic (exact) mass is 357 g/mol. The maximum absolute atomic E-state index is 12.1. The summed E-state index contributed by atoms with van der Waals surface area (Å²) in [6.07, 6.45) is 1.29. The van der Waals surface area contributed by atoms with Crippen LogP contribution >= 0.6 is 0 Å². The first-order valence-corrected chi connectivity index (χ1v) is 9.21. The Kier molecular flexibility index (Phi) is 6.00. The minimum absolute atomic E-state index is 0.0305. The summed E-state index contributed by atoms with van der Waals surface area (Å²) in [5.74, 6) is 1.42. The van der Waals surface area contributed by atoms with E-state index >= 15 is 0 Å². The molecule has 3 rings (SSSR count). The average molecular weight is 357 g/mol. The molecule has 7 nitrogen and oxygen atoms in total. The second-order valence-electron chi connectivity index (χ2n) is 6.81. The van der Waals surface area contributed by atoms with Crippen LogP contribution in [0.3, 0.4) is 0 Å². The molecule has 2 N–H and O–H groups in total. The van der Waals surface area contributed by atoms with E-state index < -0.39 is 0 Å². The van der Waals surface area contributed by atoms with Gasteiger partial charge in [0.05, 0.1) is 6.04 Å². The minimum Gasteiger partial charge on any atom is -0.340 e. The first-order valence-electron chi connectivity index (χ1n) is 9.21. The van der Waals surface area contributed by atoms with Crippen LogP contribution in [0.5, 0.6) is 0 Å². The van der Waals surface area contributed by atoms with Crippen molar-refractivity contribution in [3.05, 3.63) is 35.7 Å². The third kappa shape index (κ3) is 4.28. The van der Waals surface area contributed by atoms with Gasteiger partial charge in [0.15, 0.2) is 0 Å². The Morgan fingerprint density at radius 2 is 1.92 bits per heavy atom. The highest BCUT2D eigenvalue weighted by atomic mass is 16.5. The van der Waals surface area contributed by atoms with Crippen LogP contribution < -0.4 is 5.73 Å². The molecule has 2 heterocycles. The van der Waals surface area contributed by atoms with Crippen molar-refractivity contribution in [2.24, 2.45) is 5.73 Å². The number of hydrogen-bond acceptors (Lipinski definition) is 6. The first-order chi connectivity index (χ1) is 12.6. The molecule has 1 unspecified atom stereocenters. The molecule has 1 atom stereocenters. The van der Waals surface area contributed by atoms with Crippen molar-refractivity contribution in [3.63, 3.8) is 0 Å². The van der Waals surface area contributed by atoms with Crippen molar-refractivity contribution in [1.29, 1.82) is 0 Å². The normalized spacial score (nSPS) is 16.7. The molecule has 1 aliphatic rings. The lowest BCUT2D eigenvalue weighted by Gasteiger charge is -2.36. The lowest BCUT2D eigenvalue weighted by molar-refractivity contribution is -0.133.